The maximum Gasteiger partial charge on any atom is 0.337 e. The summed E-state index contributed by atoms with van der Waals surface area (Å²) >= 11 is 6.22. The number of esters is 1. The number of ether oxygens (including phenoxy) is 2. The van der Waals surface area contributed by atoms with Crippen LogP contribution in [-0.4, -0.2) is 35.4 Å². The highest BCUT2D eigenvalue weighted by molar-refractivity contribution is 6.31. The van der Waals surface area contributed by atoms with Crippen molar-refractivity contribution >= 4 is 29.7 Å². The number of hydrogen-bond donors (Lipinski definition) is 2. The van der Waals surface area contributed by atoms with Gasteiger partial charge in [0, 0.05) is 16.1 Å². The normalized spacial score (nSPS) is 10.8. The van der Waals surface area contributed by atoms with Gasteiger partial charge in [-0.25, -0.2) is 10.2 Å². The fourth-order valence-electron chi connectivity index (χ4n) is 3.20. The molecule has 176 valence electrons. The van der Waals surface area contributed by atoms with Gasteiger partial charge < -0.3 is 9.47 Å². The Morgan fingerprint density at radius 3 is 2.57 bits per heavy atom. The number of aromatic amines is 1. The van der Waals surface area contributed by atoms with E-state index in [1.54, 1.807) is 30.3 Å². The number of aromatic nitrogens is 2. The van der Waals surface area contributed by atoms with Crippen LogP contribution in [-0.2, 0) is 11.3 Å². The summed E-state index contributed by atoms with van der Waals surface area (Å²) in [6.45, 7) is 0.295. The second kappa shape index (κ2) is 11.1. The number of halogens is 1. The number of para-hydroxylation sites is 1. The third-order valence-electron chi connectivity index (χ3n) is 5.04. The van der Waals surface area contributed by atoms with Gasteiger partial charge >= 0.3 is 5.97 Å². The maximum absolute atomic E-state index is 12.5. The van der Waals surface area contributed by atoms with Gasteiger partial charge in [0.1, 0.15) is 18.1 Å². The second-order valence-corrected chi connectivity index (χ2v) is 7.76. The molecular formula is C26H21ClN4O4. The monoisotopic (exact) mass is 488 g/mol. The minimum atomic E-state index is -0.458. The van der Waals surface area contributed by atoms with Gasteiger partial charge in [-0.05, 0) is 42.0 Å². The van der Waals surface area contributed by atoms with Crippen molar-refractivity contribution in [3.63, 3.8) is 0 Å². The van der Waals surface area contributed by atoms with Crippen LogP contribution in [0.4, 0.5) is 0 Å². The molecule has 0 spiro atoms. The minimum Gasteiger partial charge on any atom is -0.488 e. The summed E-state index contributed by atoms with van der Waals surface area (Å²) in [6, 6.07) is 23.1. The van der Waals surface area contributed by atoms with Crippen molar-refractivity contribution in [3.8, 4) is 17.0 Å². The van der Waals surface area contributed by atoms with E-state index in [0.29, 0.717) is 34.2 Å². The Labute approximate surface area is 206 Å². The van der Waals surface area contributed by atoms with Crippen LogP contribution in [0.5, 0.6) is 5.75 Å². The zero-order chi connectivity index (χ0) is 24.6. The predicted octanol–water partition coefficient (Wildman–Crippen LogP) is 4.86. The third kappa shape index (κ3) is 5.93. The van der Waals surface area contributed by atoms with Gasteiger partial charge in [0.25, 0.3) is 5.91 Å². The topological polar surface area (TPSA) is 106 Å². The van der Waals surface area contributed by atoms with E-state index in [-0.39, 0.29) is 5.69 Å². The van der Waals surface area contributed by atoms with Crippen molar-refractivity contribution in [2.45, 2.75) is 6.61 Å². The maximum atomic E-state index is 12.5. The van der Waals surface area contributed by atoms with E-state index in [1.807, 2.05) is 48.5 Å². The number of hydrogen-bond acceptors (Lipinski definition) is 6. The molecule has 0 aliphatic carbocycles. The van der Waals surface area contributed by atoms with Crippen LogP contribution in [0.25, 0.3) is 11.3 Å². The standard InChI is InChI=1S/C26H21ClN4O4/c1-34-26(33)18-12-10-17(11-13-18)15-28-31-25(32)23-14-22(29-30-23)20-7-3-5-9-24(20)35-16-19-6-2-4-8-21(19)27/h2-15H,16H2,1H3,(H,29,30)(H,31,32). The number of nitrogens with one attached hydrogen (secondary N) is 2. The molecule has 4 aromatic rings. The lowest BCUT2D eigenvalue weighted by Gasteiger charge is -2.11. The molecule has 0 aliphatic heterocycles. The Morgan fingerprint density at radius 1 is 1.06 bits per heavy atom. The molecular weight excluding hydrogens is 468 g/mol. The molecule has 3 aromatic carbocycles. The summed E-state index contributed by atoms with van der Waals surface area (Å²) in [4.78, 5) is 24.0. The van der Waals surface area contributed by atoms with E-state index in [2.05, 4.69) is 25.5 Å². The van der Waals surface area contributed by atoms with Gasteiger partial charge in [0.15, 0.2) is 0 Å². The lowest BCUT2D eigenvalue weighted by atomic mass is 10.1. The highest BCUT2D eigenvalue weighted by Crippen LogP contribution is 2.30. The van der Waals surface area contributed by atoms with Gasteiger partial charge in [-0.3, -0.25) is 9.89 Å². The van der Waals surface area contributed by atoms with E-state index in [4.69, 9.17) is 16.3 Å². The average Bonchev–Trinajstić information content (AvgIpc) is 3.39. The number of H-pyrrole nitrogens is 1. The number of methoxy groups -OCH3 is 1. The molecule has 0 atom stereocenters. The SMILES string of the molecule is COC(=O)c1ccc(C=NNC(=O)c2cc(-c3ccccc3OCc3ccccc3Cl)n[nH]2)cc1. The van der Waals surface area contributed by atoms with Crippen LogP contribution in [0, 0.1) is 0 Å². The average molecular weight is 489 g/mol. The number of carbonyl (C=O) groups is 2. The van der Waals surface area contributed by atoms with Crippen molar-refractivity contribution in [1.82, 2.24) is 15.6 Å². The predicted molar refractivity (Wildman–Crippen MR) is 133 cm³/mol. The molecule has 8 nitrogen and oxygen atoms in total. The number of nitrogens with zero attached hydrogens (tertiary/aromatic N) is 2. The summed E-state index contributed by atoms with van der Waals surface area (Å²) in [7, 11) is 1.32. The highest BCUT2D eigenvalue weighted by atomic mass is 35.5. The molecule has 35 heavy (non-hydrogen) atoms. The van der Waals surface area contributed by atoms with E-state index >= 15 is 0 Å². The van der Waals surface area contributed by atoms with Crippen molar-refractivity contribution in [2.75, 3.05) is 7.11 Å². The molecule has 0 fully saturated rings. The molecule has 4 rings (SSSR count). The molecule has 0 saturated heterocycles. The van der Waals surface area contributed by atoms with Gasteiger partial charge in [0.05, 0.1) is 24.6 Å². The quantitative estimate of drug-likeness (QED) is 0.209. The van der Waals surface area contributed by atoms with Crippen LogP contribution in [0.3, 0.4) is 0 Å². The largest absolute Gasteiger partial charge is 0.488 e. The van der Waals surface area contributed by atoms with Crippen LogP contribution < -0.4 is 10.2 Å². The Morgan fingerprint density at radius 2 is 1.80 bits per heavy atom. The Hall–Kier alpha value is -4.43. The summed E-state index contributed by atoms with van der Waals surface area (Å²) < 4.78 is 10.6. The highest BCUT2D eigenvalue weighted by Gasteiger charge is 2.14. The number of carbonyl (C=O) groups excluding carboxylic acids is 2. The summed E-state index contributed by atoms with van der Waals surface area (Å²) in [6.07, 6.45) is 1.47. The van der Waals surface area contributed by atoms with Crippen LogP contribution in [0.1, 0.15) is 32.0 Å². The van der Waals surface area contributed by atoms with Crippen LogP contribution in [0.15, 0.2) is 84.0 Å². The molecule has 1 heterocycles. The van der Waals surface area contributed by atoms with Gasteiger partial charge in [-0.15, -0.1) is 0 Å². The summed E-state index contributed by atoms with van der Waals surface area (Å²) in [5.74, 6) is -0.271. The lowest BCUT2D eigenvalue weighted by molar-refractivity contribution is 0.0600. The molecule has 0 bridgehead atoms. The van der Waals surface area contributed by atoms with Gasteiger partial charge in [-0.2, -0.15) is 10.2 Å². The number of hydrazone groups is 1. The molecule has 1 aromatic heterocycles. The Kier molecular flexibility index (Phi) is 7.54. The lowest BCUT2D eigenvalue weighted by Crippen LogP contribution is -2.18. The third-order valence-corrected chi connectivity index (χ3v) is 5.41. The van der Waals surface area contributed by atoms with E-state index < -0.39 is 11.9 Å². The van der Waals surface area contributed by atoms with E-state index in [9.17, 15) is 9.59 Å². The fraction of sp³-hybridized carbons (Fsp3) is 0.0769. The van der Waals surface area contributed by atoms with Crippen molar-refractivity contribution < 1.29 is 19.1 Å². The summed E-state index contributed by atoms with van der Waals surface area (Å²) in [5, 5.41) is 11.6. The minimum absolute atomic E-state index is 0.235. The smallest absolute Gasteiger partial charge is 0.337 e. The molecule has 0 aliphatic rings. The van der Waals surface area contributed by atoms with Crippen molar-refractivity contribution in [1.29, 1.82) is 0 Å². The number of benzene rings is 3. The first-order chi connectivity index (χ1) is 17.0. The second-order valence-electron chi connectivity index (χ2n) is 7.36. The molecule has 9 heteroatoms. The molecule has 0 saturated carbocycles. The zero-order valence-electron chi connectivity index (χ0n) is 18.7. The molecule has 2 N–H and O–H groups in total. The summed E-state index contributed by atoms with van der Waals surface area (Å²) in [5.41, 5.74) is 5.95. The first-order valence-corrected chi connectivity index (χ1v) is 11.0. The fourth-order valence-corrected chi connectivity index (χ4v) is 3.39. The van der Waals surface area contributed by atoms with Gasteiger partial charge in [-0.1, -0.05) is 54.1 Å². The van der Waals surface area contributed by atoms with E-state index in [1.165, 1.54) is 13.3 Å². The van der Waals surface area contributed by atoms with Crippen LogP contribution >= 0.6 is 11.6 Å². The van der Waals surface area contributed by atoms with Crippen LogP contribution in [0.2, 0.25) is 5.02 Å². The first kappa shape index (κ1) is 23.7. The van der Waals surface area contributed by atoms with E-state index in [0.717, 1.165) is 11.1 Å². The van der Waals surface area contributed by atoms with Crippen molar-refractivity contribution in [2.24, 2.45) is 5.10 Å². The molecule has 0 unspecified atom stereocenters. The Balaban J connectivity index is 1.41. The molecule has 0 radical (unpaired) electrons. The number of rotatable bonds is 8. The Bertz CT molecular complexity index is 1370. The van der Waals surface area contributed by atoms with Crippen molar-refractivity contribution in [3.05, 3.63) is 106 Å². The number of amides is 1. The zero-order valence-corrected chi connectivity index (χ0v) is 19.5. The molecule has 1 amide bonds. The van der Waals surface area contributed by atoms with Gasteiger partial charge in [0.2, 0.25) is 0 Å². The first-order valence-electron chi connectivity index (χ1n) is 10.6.